The smallest absolute Gasteiger partial charge is 0.274 e. The Morgan fingerprint density at radius 2 is 2.24 bits per heavy atom. The van der Waals surface area contributed by atoms with Gasteiger partial charge in [0.15, 0.2) is 0 Å². The normalized spacial score (nSPS) is 9.43. The number of amides is 1. The third kappa shape index (κ3) is 3.81. The number of ether oxygens (including phenoxy) is 1. The number of rotatable bonds is 3. The second kappa shape index (κ2) is 7.08. The van der Waals surface area contributed by atoms with Gasteiger partial charge in [0.25, 0.3) is 5.91 Å². The van der Waals surface area contributed by atoms with Gasteiger partial charge in [0, 0.05) is 11.8 Å². The summed E-state index contributed by atoms with van der Waals surface area (Å²) in [4.78, 5) is 16.1. The van der Waals surface area contributed by atoms with Crippen molar-refractivity contribution in [2.24, 2.45) is 5.73 Å². The molecule has 0 bridgehead atoms. The van der Waals surface area contributed by atoms with Crippen molar-refractivity contribution in [3.05, 3.63) is 53.9 Å². The number of anilines is 1. The van der Waals surface area contributed by atoms with Gasteiger partial charge < -0.3 is 15.8 Å². The van der Waals surface area contributed by atoms with Gasteiger partial charge in [0.2, 0.25) is 0 Å². The van der Waals surface area contributed by atoms with Gasteiger partial charge in [-0.1, -0.05) is 17.9 Å². The van der Waals surface area contributed by atoms with Crippen LogP contribution in [-0.4, -0.2) is 24.5 Å². The number of carbonyl (C=O) groups excluding carboxylic acids is 1. The highest BCUT2D eigenvalue weighted by atomic mass is 16.5. The van der Waals surface area contributed by atoms with E-state index in [1.807, 2.05) is 0 Å². The molecule has 0 radical (unpaired) electrons. The molecule has 0 aliphatic heterocycles. The predicted molar refractivity (Wildman–Crippen MR) is 81.1 cm³/mol. The van der Waals surface area contributed by atoms with Crippen LogP contribution in [0, 0.1) is 11.8 Å². The summed E-state index contributed by atoms with van der Waals surface area (Å²) in [7, 11) is 1.54. The second-order valence-corrected chi connectivity index (χ2v) is 4.09. The fourth-order valence-corrected chi connectivity index (χ4v) is 1.72. The topological polar surface area (TPSA) is 77.2 Å². The molecule has 1 aromatic carbocycles. The van der Waals surface area contributed by atoms with Crippen molar-refractivity contribution in [2.45, 2.75) is 0 Å². The van der Waals surface area contributed by atoms with E-state index >= 15 is 0 Å². The van der Waals surface area contributed by atoms with Gasteiger partial charge in [0.1, 0.15) is 11.4 Å². The number of pyridine rings is 1. The van der Waals surface area contributed by atoms with Gasteiger partial charge in [-0.2, -0.15) is 0 Å². The summed E-state index contributed by atoms with van der Waals surface area (Å²) in [6.07, 6.45) is 1.56. The Hall–Kier alpha value is -2.84. The zero-order valence-corrected chi connectivity index (χ0v) is 11.6. The molecule has 1 heterocycles. The molecule has 0 spiro atoms. The van der Waals surface area contributed by atoms with Crippen LogP contribution in [0.15, 0.2) is 42.6 Å². The minimum atomic E-state index is -0.308. The lowest BCUT2D eigenvalue weighted by atomic mass is 10.2. The molecule has 5 nitrogen and oxygen atoms in total. The van der Waals surface area contributed by atoms with Crippen LogP contribution >= 0.6 is 0 Å². The van der Waals surface area contributed by atoms with Crippen molar-refractivity contribution in [3.63, 3.8) is 0 Å². The summed E-state index contributed by atoms with van der Waals surface area (Å²) in [6.45, 7) is 0.279. The lowest BCUT2D eigenvalue weighted by molar-refractivity contribution is 0.102. The molecule has 1 aromatic heterocycles. The van der Waals surface area contributed by atoms with Crippen molar-refractivity contribution < 1.29 is 9.53 Å². The van der Waals surface area contributed by atoms with E-state index in [-0.39, 0.29) is 12.5 Å². The van der Waals surface area contributed by atoms with Crippen LogP contribution in [0.2, 0.25) is 0 Å². The van der Waals surface area contributed by atoms with E-state index in [1.165, 1.54) is 7.11 Å². The number of hydrogen-bond donors (Lipinski definition) is 2. The summed E-state index contributed by atoms with van der Waals surface area (Å²) in [5.41, 5.74) is 6.97. The van der Waals surface area contributed by atoms with Crippen LogP contribution < -0.4 is 15.8 Å². The van der Waals surface area contributed by atoms with Crippen molar-refractivity contribution in [2.75, 3.05) is 19.0 Å². The summed E-state index contributed by atoms with van der Waals surface area (Å²) in [5.74, 6) is 5.92. The first-order valence-electron chi connectivity index (χ1n) is 6.34. The van der Waals surface area contributed by atoms with E-state index in [0.717, 1.165) is 5.56 Å². The van der Waals surface area contributed by atoms with Crippen LogP contribution in [0.5, 0.6) is 5.75 Å². The van der Waals surface area contributed by atoms with E-state index < -0.39 is 0 Å². The quantitative estimate of drug-likeness (QED) is 0.839. The molecule has 0 aliphatic carbocycles. The summed E-state index contributed by atoms with van der Waals surface area (Å²) >= 11 is 0. The number of nitrogens with two attached hydrogens (primary N) is 1. The Morgan fingerprint density at radius 3 is 2.90 bits per heavy atom. The highest BCUT2D eigenvalue weighted by Crippen LogP contribution is 2.25. The molecule has 5 heteroatoms. The maximum atomic E-state index is 12.1. The number of aromatic nitrogens is 1. The summed E-state index contributed by atoms with van der Waals surface area (Å²) in [5, 5.41) is 2.77. The molecule has 0 fully saturated rings. The standard InChI is InChI=1S/C16H15N3O2/c1-21-15-8-7-12(5-4-9-17)11-14(15)19-16(20)13-6-2-3-10-18-13/h2-3,6-8,10-11H,9,17H2,1H3,(H,19,20). The van der Waals surface area contributed by atoms with E-state index in [9.17, 15) is 4.79 Å². The molecule has 106 valence electrons. The first-order valence-corrected chi connectivity index (χ1v) is 6.34. The maximum Gasteiger partial charge on any atom is 0.274 e. The van der Waals surface area contributed by atoms with Gasteiger partial charge in [-0.3, -0.25) is 9.78 Å². The average Bonchev–Trinajstić information content (AvgIpc) is 2.54. The van der Waals surface area contributed by atoms with Crippen LogP contribution in [0.1, 0.15) is 16.1 Å². The molecule has 2 rings (SSSR count). The highest BCUT2D eigenvalue weighted by molar-refractivity contribution is 6.03. The Morgan fingerprint density at radius 1 is 1.38 bits per heavy atom. The number of carbonyl (C=O) groups is 1. The van der Waals surface area contributed by atoms with Crippen LogP contribution in [0.4, 0.5) is 5.69 Å². The Kier molecular flexibility index (Phi) is 4.91. The first kappa shape index (κ1) is 14.6. The number of methoxy groups -OCH3 is 1. The van der Waals surface area contributed by atoms with Crippen LogP contribution in [0.3, 0.4) is 0 Å². The van der Waals surface area contributed by atoms with Gasteiger partial charge in [-0.05, 0) is 30.3 Å². The fraction of sp³-hybridized carbons (Fsp3) is 0.125. The molecule has 0 saturated carbocycles. The van der Waals surface area contributed by atoms with Crippen LogP contribution in [-0.2, 0) is 0 Å². The number of nitrogens with one attached hydrogen (secondary N) is 1. The zero-order chi connectivity index (χ0) is 15.1. The number of benzene rings is 1. The van der Waals surface area contributed by atoms with E-state index in [4.69, 9.17) is 10.5 Å². The van der Waals surface area contributed by atoms with E-state index in [2.05, 4.69) is 22.1 Å². The third-order valence-electron chi connectivity index (χ3n) is 2.68. The van der Waals surface area contributed by atoms with Gasteiger partial charge in [-0.25, -0.2) is 0 Å². The zero-order valence-electron chi connectivity index (χ0n) is 11.6. The highest BCUT2D eigenvalue weighted by Gasteiger charge is 2.10. The molecule has 2 aromatic rings. The molecule has 3 N–H and O–H groups in total. The molecule has 0 atom stereocenters. The second-order valence-electron chi connectivity index (χ2n) is 4.09. The molecule has 0 unspecified atom stereocenters. The van der Waals surface area contributed by atoms with Crippen molar-refractivity contribution in [1.29, 1.82) is 0 Å². The van der Waals surface area contributed by atoms with Gasteiger partial charge >= 0.3 is 0 Å². The molecule has 0 saturated heterocycles. The van der Waals surface area contributed by atoms with Gasteiger partial charge in [-0.15, -0.1) is 0 Å². The monoisotopic (exact) mass is 281 g/mol. The maximum absolute atomic E-state index is 12.1. The summed E-state index contributed by atoms with van der Waals surface area (Å²) in [6, 6.07) is 10.4. The lowest BCUT2D eigenvalue weighted by Crippen LogP contribution is -2.14. The molecular weight excluding hydrogens is 266 g/mol. The Bertz CT molecular complexity index is 688. The van der Waals surface area contributed by atoms with Crippen molar-refractivity contribution >= 4 is 11.6 Å². The molecule has 1 amide bonds. The predicted octanol–water partition coefficient (Wildman–Crippen LogP) is 1.65. The Balaban J connectivity index is 2.27. The molecule has 0 aliphatic rings. The Labute approximate surface area is 123 Å². The fourth-order valence-electron chi connectivity index (χ4n) is 1.72. The van der Waals surface area contributed by atoms with Gasteiger partial charge in [0.05, 0.1) is 19.3 Å². The third-order valence-corrected chi connectivity index (χ3v) is 2.68. The molecule has 21 heavy (non-hydrogen) atoms. The van der Waals surface area contributed by atoms with E-state index in [0.29, 0.717) is 17.1 Å². The average molecular weight is 281 g/mol. The molecular formula is C16H15N3O2. The largest absolute Gasteiger partial charge is 0.495 e. The number of nitrogens with zero attached hydrogens (tertiary/aromatic N) is 1. The lowest BCUT2D eigenvalue weighted by Gasteiger charge is -2.10. The minimum Gasteiger partial charge on any atom is -0.495 e. The van der Waals surface area contributed by atoms with Crippen LogP contribution in [0.25, 0.3) is 0 Å². The van der Waals surface area contributed by atoms with Crippen molar-refractivity contribution in [1.82, 2.24) is 4.98 Å². The summed E-state index contributed by atoms with van der Waals surface area (Å²) < 4.78 is 5.23. The van der Waals surface area contributed by atoms with Crippen molar-refractivity contribution in [3.8, 4) is 17.6 Å². The number of hydrogen-bond acceptors (Lipinski definition) is 4. The first-order chi connectivity index (χ1) is 10.2. The minimum absolute atomic E-state index is 0.279. The van der Waals surface area contributed by atoms with E-state index in [1.54, 1.807) is 42.6 Å². The SMILES string of the molecule is COc1ccc(C#CCN)cc1NC(=O)c1ccccn1.